The minimum Gasteiger partial charge on any atom is -0.493 e. The highest BCUT2D eigenvalue weighted by Gasteiger charge is 2.37. The first kappa shape index (κ1) is 23.2. The second kappa shape index (κ2) is 10.3. The second-order valence-corrected chi connectivity index (χ2v) is 8.71. The fourth-order valence-electron chi connectivity index (χ4n) is 4.46. The Kier molecular flexibility index (Phi) is 7.23. The van der Waals surface area contributed by atoms with E-state index in [1.54, 1.807) is 31.4 Å². The number of pyridine rings is 1. The average Bonchev–Trinajstić information content (AvgIpc) is 3.22. The summed E-state index contributed by atoms with van der Waals surface area (Å²) in [6, 6.07) is 9.39. The molecule has 0 N–H and O–H groups in total. The van der Waals surface area contributed by atoms with Crippen LogP contribution in [0.25, 0.3) is 0 Å². The number of piperazine rings is 1. The van der Waals surface area contributed by atoms with Gasteiger partial charge in [-0.2, -0.15) is 0 Å². The minimum atomic E-state index is -0.284. The van der Waals surface area contributed by atoms with Crippen molar-refractivity contribution in [2.45, 2.75) is 12.8 Å². The summed E-state index contributed by atoms with van der Waals surface area (Å²) in [5, 5.41) is 0.615. The van der Waals surface area contributed by atoms with Crippen LogP contribution in [0.2, 0.25) is 5.02 Å². The first-order valence-corrected chi connectivity index (χ1v) is 11.5. The maximum absolute atomic E-state index is 13.1. The molecule has 0 saturated carbocycles. The quantitative estimate of drug-likeness (QED) is 0.616. The van der Waals surface area contributed by atoms with Gasteiger partial charge in [0.15, 0.2) is 11.5 Å². The Labute approximate surface area is 199 Å². The lowest BCUT2D eigenvalue weighted by atomic mass is 10.1. The van der Waals surface area contributed by atoms with Crippen LogP contribution >= 0.6 is 11.6 Å². The van der Waals surface area contributed by atoms with E-state index in [1.807, 2.05) is 29.2 Å². The van der Waals surface area contributed by atoms with E-state index in [4.69, 9.17) is 21.1 Å². The van der Waals surface area contributed by atoms with Crippen LogP contribution in [-0.4, -0.2) is 80.1 Å². The Morgan fingerprint density at radius 2 is 1.88 bits per heavy atom. The van der Waals surface area contributed by atoms with Gasteiger partial charge in [-0.3, -0.25) is 9.59 Å². The number of anilines is 1. The molecule has 8 nitrogen and oxygen atoms in total. The predicted molar refractivity (Wildman–Crippen MR) is 126 cm³/mol. The molecule has 0 radical (unpaired) electrons. The molecule has 2 saturated heterocycles. The van der Waals surface area contributed by atoms with Crippen LogP contribution in [0.5, 0.6) is 11.5 Å². The summed E-state index contributed by atoms with van der Waals surface area (Å²) in [6.45, 7) is 3.59. The van der Waals surface area contributed by atoms with Crippen molar-refractivity contribution >= 4 is 29.2 Å². The topological polar surface area (TPSA) is 75.2 Å². The Hall–Kier alpha value is -3.00. The highest BCUT2D eigenvalue weighted by Crippen LogP contribution is 2.29. The zero-order chi connectivity index (χ0) is 23.4. The maximum atomic E-state index is 13.1. The molecule has 1 atom stereocenters. The first-order chi connectivity index (χ1) is 16.0. The van der Waals surface area contributed by atoms with Crippen LogP contribution in [0.15, 0.2) is 36.5 Å². The Morgan fingerprint density at radius 1 is 1.12 bits per heavy atom. The van der Waals surface area contributed by atoms with Gasteiger partial charge in [0.05, 0.1) is 25.2 Å². The molecule has 2 aliphatic heterocycles. The van der Waals surface area contributed by atoms with E-state index < -0.39 is 0 Å². The molecule has 0 spiro atoms. The summed E-state index contributed by atoms with van der Waals surface area (Å²) in [4.78, 5) is 35.8. The number of carbonyl (C=O) groups excluding carboxylic acids is 2. The fraction of sp³-hybridized carbons (Fsp3) is 0.458. The third-order valence-electron chi connectivity index (χ3n) is 6.31. The van der Waals surface area contributed by atoms with Gasteiger partial charge in [-0.15, -0.1) is 0 Å². The molecule has 4 rings (SSSR count). The molecule has 3 heterocycles. The molecule has 1 aromatic carbocycles. The highest BCUT2D eigenvalue weighted by molar-refractivity contribution is 6.32. The Bertz CT molecular complexity index is 1010. The van der Waals surface area contributed by atoms with Crippen molar-refractivity contribution in [2.75, 3.05) is 58.4 Å². The number of methoxy groups -OCH3 is 2. The lowest BCUT2D eigenvalue weighted by molar-refractivity contribution is -0.136. The van der Waals surface area contributed by atoms with Gasteiger partial charge in [-0.05, 0) is 36.2 Å². The number of hydrogen-bond acceptors (Lipinski definition) is 6. The van der Waals surface area contributed by atoms with Crippen LogP contribution in [-0.2, 0) is 16.0 Å². The monoisotopic (exact) mass is 472 g/mol. The molecule has 33 heavy (non-hydrogen) atoms. The molecule has 2 amide bonds. The molecule has 0 aliphatic carbocycles. The van der Waals surface area contributed by atoms with Gasteiger partial charge in [0.2, 0.25) is 11.8 Å². The van der Waals surface area contributed by atoms with Crippen molar-refractivity contribution in [3.63, 3.8) is 0 Å². The number of rotatable bonds is 7. The second-order valence-electron chi connectivity index (χ2n) is 8.30. The summed E-state index contributed by atoms with van der Waals surface area (Å²) in [5.41, 5.74) is 1.06. The third-order valence-corrected chi connectivity index (χ3v) is 6.61. The van der Waals surface area contributed by atoms with Crippen molar-refractivity contribution in [2.24, 2.45) is 5.92 Å². The number of benzene rings is 1. The van der Waals surface area contributed by atoms with Crippen LogP contribution in [0.4, 0.5) is 5.82 Å². The predicted octanol–water partition coefficient (Wildman–Crippen LogP) is 2.49. The molecule has 2 aromatic rings. The van der Waals surface area contributed by atoms with E-state index in [9.17, 15) is 9.59 Å². The summed E-state index contributed by atoms with van der Waals surface area (Å²) in [6.07, 6.45) is 2.69. The van der Waals surface area contributed by atoms with Gasteiger partial charge < -0.3 is 24.2 Å². The van der Waals surface area contributed by atoms with Crippen molar-refractivity contribution < 1.29 is 19.1 Å². The van der Waals surface area contributed by atoms with Crippen molar-refractivity contribution in [1.82, 2.24) is 14.8 Å². The molecule has 1 aromatic heterocycles. The molecule has 2 fully saturated rings. The zero-order valence-electron chi connectivity index (χ0n) is 19.0. The van der Waals surface area contributed by atoms with E-state index in [0.29, 0.717) is 62.2 Å². The molecule has 9 heteroatoms. The van der Waals surface area contributed by atoms with Crippen molar-refractivity contribution in [1.29, 1.82) is 0 Å². The number of ether oxygens (including phenoxy) is 2. The molecular weight excluding hydrogens is 444 g/mol. The molecule has 1 unspecified atom stereocenters. The van der Waals surface area contributed by atoms with Gasteiger partial charge in [0, 0.05) is 51.9 Å². The number of carbonyl (C=O) groups is 2. The van der Waals surface area contributed by atoms with Gasteiger partial charge in [0.25, 0.3) is 0 Å². The van der Waals surface area contributed by atoms with E-state index in [-0.39, 0.29) is 24.2 Å². The normalized spacial score (nSPS) is 18.6. The third kappa shape index (κ3) is 5.16. The van der Waals surface area contributed by atoms with Crippen LogP contribution in [0.3, 0.4) is 0 Å². The molecule has 2 aliphatic rings. The van der Waals surface area contributed by atoms with E-state index in [1.165, 1.54) is 0 Å². The fourth-order valence-corrected chi connectivity index (χ4v) is 4.70. The van der Waals surface area contributed by atoms with E-state index >= 15 is 0 Å². The Morgan fingerprint density at radius 3 is 2.58 bits per heavy atom. The lowest BCUT2D eigenvalue weighted by Gasteiger charge is -2.36. The van der Waals surface area contributed by atoms with Gasteiger partial charge in [0.1, 0.15) is 5.82 Å². The van der Waals surface area contributed by atoms with E-state index in [2.05, 4.69) is 9.88 Å². The number of hydrogen-bond donors (Lipinski definition) is 0. The number of likely N-dealkylation sites (tertiary alicyclic amines) is 1. The lowest BCUT2D eigenvalue weighted by Crippen LogP contribution is -2.51. The first-order valence-electron chi connectivity index (χ1n) is 11.1. The molecule has 0 bridgehead atoms. The van der Waals surface area contributed by atoms with Gasteiger partial charge in [-0.1, -0.05) is 17.7 Å². The van der Waals surface area contributed by atoms with Gasteiger partial charge in [-0.25, -0.2) is 4.98 Å². The number of nitrogens with zero attached hydrogens (tertiary/aromatic N) is 4. The minimum absolute atomic E-state index is 0.0349. The average molecular weight is 473 g/mol. The summed E-state index contributed by atoms with van der Waals surface area (Å²) in [5.74, 6) is 1.91. The van der Waals surface area contributed by atoms with Crippen LogP contribution < -0.4 is 14.4 Å². The summed E-state index contributed by atoms with van der Waals surface area (Å²) < 4.78 is 10.6. The number of halogens is 1. The Balaban J connectivity index is 1.29. The number of amides is 2. The highest BCUT2D eigenvalue weighted by atomic mass is 35.5. The molecular formula is C24H29ClN4O4. The van der Waals surface area contributed by atoms with Crippen molar-refractivity contribution in [3.05, 3.63) is 47.1 Å². The maximum Gasteiger partial charge on any atom is 0.228 e. The SMILES string of the molecule is COc1ccc(CCN2CC(C(=O)N3CCN(c4ncccc4Cl)CC3)CC2=O)cc1OC. The molecule has 176 valence electrons. The van der Waals surface area contributed by atoms with Crippen molar-refractivity contribution in [3.8, 4) is 11.5 Å². The zero-order valence-corrected chi connectivity index (χ0v) is 19.8. The summed E-state index contributed by atoms with van der Waals surface area (Å²) >= 11 is 6.26. The summed E-state index contributed by atoms with van der Waals surface area (Å²) in [7, 11) is 3.21. The van der Waals surface area contributed by atoms with Crippen LogP contribution in [0.1, 0.15) is 12.0 Å². The van der Waals surface area contributed by atoms with Crippen LogP contribution in [0, 0.1) is 5.92 Å². The standard InChI is InChI=1S/C24H29ClN4O4/c1-32-20-6-5-17(14-21(20)33-2)7-9-29-16-18(15-22(29)30)24(31)28-12-10-27(11-13-28)23-19(25)4-3-8-26-23/h3-6,8,14,18H,7,9-13,15-16H2,1-2H3. The largest absolute Gasteiger partial charge is 0.493 e. The van der Waals surface area contributed by atoms with E-state index in [0.717, 1.165) is 11.4 Å². The van der Waals surface area contributed by atoms with Gasteiger partial charge >= 0.3 is 0 Å². The smallest absolute Gasteiger partial charge is 0.228 e. The number of aromatic nitrogens is 1.